The SMILES string of the molecule is CN=Cc1cc(-c2ncc3cc(C4CC(C(C)(F)F)C4)sc3n2)cnc1N. The fraction of sp³-hybridized carbons (Fsp3) is 0.368. The molecule has 0 aromatic carbocycles. The van der Waals surface area contributed by atoms with Crippen LogP contribution in [0.15, 0.2) is 29.5 Å². The molecule has 2 N–H and O–H groups in total. The van der Waals surface area contributed by atoms with E-state index in [1.54, 1.807) is 37.0 Å². The third-order valence-electron chi connectivity index (χ3n) is 5.03. The van der Waals surface area contributed by atoms with Gasteiger partial charge < -0.3 is 5.73 Å². The molecule has 1 fully saturated rings. The zero-order valence-corrected chi connectivity index (χ0v) is 15.8. The maximum atomic E-state index is 13.4. The number of fused-ring (bicyclic) bond motifs is 1. The molecule has 27 heavy (non-hydrogen) atoms. The van der Waals surface area contributed by atoms with Gasteiger partial charge in [-0.2, -0.15) is 0 Å². The summed E-state index contributed by atoms with van der Waals surface area (Å²) < 4.78 is 26.7. The molecular formula is C19H19F2N5S. The summed E-state index contributed by atoms with van der Waals surface area (Å²) in [6.07, 6.45) is 6.10. The molecule has 1 saturated carbocycles. The molecule has 0 unspecified atom stereocenters. The van der Waals surface area contributed by atoms with Gasteiger partial charge in [-0.25, -0.2) is 23.7 Å². The van der Waals surface area contributed by atoms with Crippen molar-refractivity contribution in [2.75, 3.05) is 12.8 Å². The number of pyridine rings is 1. The van der Waals surface area contributed by atoms with Crippen LogP contribution in [0, 0.1) is 5.92 Å². The molecule has 0 bridgehead atoms. The highest BCUT2D eigenvalue weighted by Gasteiger charge is 2.44. The van der Waals surface area contributed by atoms with Crippen LogP contribution in [0.1, 0.15) is 36.1 Å². The van der Waals surface area contributed by atoms with E-state index in [4.69, 9.17) is 5.73 Å². The first-order chi connectivity index (χ1) is 12.8. The van der Waals surface area contributed by atoms with Crippen LogP contribution < -0.4 is 5.73 Å². The molecule has 0 amide bonds. The Kier molecular flexibility index (Phi) is 4.38. The summed E-state index contributed by atoms with van der Waals surface area (Å²) in [6.45, 7) is 1.01. The smallest absolute Gasteiger partial charge is 0.248 e. The predicted molar refractivity (Wildman–Crippen MR) is 105 cm³/mol. The Morgan fingerprint density at radius 3 is 2.74 bits per heavy atom. The van der Waals surface area contributed by atoms with Crippen LogP contribution in [0.5, 0.6) is 0 Å². The molecule has 140 valence electrons. The van der Waals surface area contributed by atoms with E-state index in [2.05, 4.69) is 19.9 Å². The van der Waals surface area contributed by atoms with Crippen molar-refractivity contribution in [3.05, 3.63) is 35.0 Å². The van der Waals surface area contributed by atoms with Gasteiger partial charge in [-0.05, 0) is 37.8 Å². The van der Waals surface area contributed by atoms with Gasteiger partial charge in [-0.3, -0.25) is 4.99 Å². The standard InChI is InChI=1S/C19H19F2N5S/c1-19(20,21)14-4-10(5-14)15-6-13-9-25-17(26-18(13)27-15)12-3-11(7-23-2)16(22)24-8-12/h3,6-10,14H,4-5H2,1-2H3,(H2,22,24). The van der Waals surface area contributed by atoms with E-state index in [-0.39, 0.29) is 5.92 Å². The highest BCUT2D eigenvalue weighted by Crippen LogP contribution is 2.50. The zero-order valence-electron chi connectivity index (χ0n) is 15.0. The van der Waals surface area contributed by atoms with E-state index in [0.29, 0.717) is 30.0 Å². The lowest BCUT2D eigenvalue weighted by Gasteiger charge is -2.38. The third kappa shape index (κ3) is 3.41. The number of aromatic nitrogens is 3. The molecule has 0 atom stereocenters. The van der Waals surface area contributed by atoms with E-state index in [9.17, 15) is 8.78 Å². The number of thiophene rings is 1. The first kappa shape index (κ1) is 17.9. The van der Waals surface area contributed by atoms with Crippen LogP contribution in [0.2, 0.25) is 0 Å². The fourth-order valence-electron chi connectivity index (χ4n) is 3.31. The van der Waals surface area contributed by atoms with Crippen molar-refractivity contribution in [1.82, 2.24) is 15.0 Å². The minimum Gasteiger partial charge on any atom is -0.383 e. The van der Waals surface area contributed by atoms with Crippen molar-refractivity contribution in [2.24, 2.45) is 10.9 Å². The second kappa shape index (κ2) is 6.60. The molecule has 8 heteroatoms. The second-order valence-electron chi connectivity index (χ2n) is 7.01. The van der Waals surface area contributed by atoms with E-state index < -0.39 is 11.8 Å². The minimum absolute atomic E-state index is 0.189. The Balaban J connectivity index is 1.61. The van der Waals surface area contributed by atoms with Crippen molar-refractivity contribution in [3.63, 3.8) is 0 Å². The monoisotopic (exact) mass is 387 g/mol. The van der Waals surface area contributed by atoms with Gasteiger partial charge in [-0.15, -0.1) is 11.3 Å². The van der Waals surface area contributed by atoms with Crippen LogP contribution in [0.3, 0.4) is 0 Å². The minimum atomic E-state index is -2.60. The summed E-state index contributed by atoms with van der Waals surface area (Å²) >= 11 is 1.55. The molecule has 0 aliphatic heterocycles. The van der Waals surface area contributed by atoms with Gasteiger partial charge in [0.15, 0.2) is 5.82 Å². The summed E-state index contributed by atoms with van der Waals surface area (Å²) in [5, 5.41) is 0.934. The molecule has 0 spiro atoms. The lowest BCUT2D eigenvalue weighted by molar-refractivity contribution is -0.0771. The van der Waals surface area contributed by atoms with Crippen molar-refractivity contribution in [1.29, 1.82) is 0 Å². The number of hydrogen-bond acceptors (Lipinski definition) is 6. The Hall–Kier alpha value is -2.48. The largest absolute Gasteiger partial charge is 0.383 e. The Labute approximate surface area is 159 Å². The molecule has 1 aliphatic rings. The van der Waals surface area contributed by atoms with Gasteiger partial charge in [0.1, 0.15) is 10.6 Å². The maximum Gasteiger partial charge on any atom is 0.248 e. The van der Waals surface area contributed by atoms with E-state index >= 15 is 0 Å². The molecule has 3 heterocycles. The number of nitrogen functional groups attached to an aromatic ring is 1. The molecule has 4 rings (SSSR count). The number of rotatable bonds is 4. The normalized spacial score (nSPS) is 20.3. The average molecular weight is 387 g/mol. The topological polar surface area (TPSA) is 77.0 Å². The van der Waals surface area contributed by atoms with E-state index in [1.807, 2.05) is 12.1 Å². The number of nitrogens with two attached hydrogens (primary N) is 1. The Morgan fingerprint density at radius 2 is 2.04 bits per heavy atom. The van der Waals surface area contributed by atoms with Crippen molar-refractivity contribution in [2.45, 2.75) is 31.6 Å². The summed E-state index contributed by atoms with van der Waals surface area (Å²) in [4.78, 5) is 19.2. The maximum absolute atomic E-state index is 13.4. The van der Waals surface area contributed by atoms with Crippen molar-refractivity contribution < 1.29 is 8.78 Å². The fourth-order valence-corrected chi connectivity index (χ4v) is 4.44. The third-order valence-corrected chi connectivity index (χ3v) is 6.23. The first-order valence-corrected chi connectivity index (χ1v) is 9.49. The van der Waals surface area contributed by atoms with Gasteiger partial charge in [0.2, 0.25) is 5.92 Å². The Bertz CT molecular complexity index is 1020. The van der Waals surface area contributed by atoms with Crippen LogP contribution >= 0.6 is 11.3 Å². The summed E-state index contributed by atoms with van der Waals surface area (Å²) in [5.41, 5.74) is 7.32. The predicted octanol–water partition coefficient (Wildman–Crippen LogP) is 4.53. The molecular weight excluding hydrogens is 368 g/mol. The highest BCUT2D eigenvalue weighted by atomic mass is 32.1. The molecule has 5 nitrogen and oxygen atoms in total. The number of anilines is 1. The van der Waals surface area contributed by atoms with Crippen LogP contribution in [-0.2, 0) is 0 Å². The molecule has 1 aliphatic carbocycles. The lowest BCUT2D eigenvalue weighted by atomic mass is 9.71. The van der Waals surface area contributed by atoms with Gasteiger partial charge in [0, 0.05) is 53.0 Å². The lowest BCUT2D eigenvalue weighted by Crippen LogP contribution is -2.35. The second-order valence-corrected chi connectivity index (χ2v) is 8.07. The average Bonchev–Trinajstić information content (AvgIpc) is 2.96. The quantitative estimate of drug-likeness (QED) is 0.667. The van der Waals surface area contributed by atoms with Crippen LogP contribution in [-0.4, -0.2) is 34.1 Å². The molecule has 3 aromatic heterocycles. The summed E-state index contributed by atoms with van der Waals surface area (Å²) in [7, 11) is 1.67. The highest BCUT2D eigenvalue weighted by molar-refractivity contribution is 7.18. The first-order valence-electron chi connectivity index (χ1n) is 8.67. The van der Waals surface area contributed by atoms with Gasteiger partial charge in [0.25, 0.3) is 0 Å². The molecule has 0 radical (unpaired) electrons. The number of hydrogen-bond donors (Lipinski definition) is 1. The van der Waals surface area contributed by atoms with Crippen LogP contribution in [0.4, 0.5) is 14.6 Å². The number of alkyl halides is 2. The number of aliphatic imine (C=N–C) groups is 1. The molecule has 0 saturated heterocycles. The Morgan fingerprint density at radius 1 is 1.26 bits per heavy atom. The van der Waals surface area contributed by atoms with Gasteiger partial charge in [-0.1, -0.05) is 0 Å². The van der Waals surface area contributed by atoms with Gasteiger partial charge in [0.05, 0.1) is 0 Å². The van der Waals surface area contributed by atoms with E-state index in [0.717, 1.165) is 27.6 Å². The van der Waals surface area contributed by atoms with E-state index in [1.165, 1.54) is 0 Å². The van der Waals surface area contributed by atoms with Crippen molar-refractivity contribution in [3.8, 4) is 11.4 Å². The summed E-state index contributed by atoms with van der Waals surface area (Å²) in [6, 6.07) is 3.87. The number of halogens is 2. The van der Waals surface area contributed by atoms with Crippen LogP contribution in [0.25, 0.3) is 21.6 Å². The number of nitrogens with zero attached hydrogens (tertiary/aromatic N) is 4. The summed E-state index contributed by atoms with van der Waals surface area (Å²) in [5.74, 6) is -1.97. The molecule has 3 aromatic rings. The van der Waals surface area contributed by atoms with Gasteiger partial charge >= 0.3 is 0 Å². The van der Waals surface area contributed by atoms with Crippen molar-refractivity contribution >= 4 is 33.6 Å². The zero-order chi connectivity index (χ0) is 19.2.